The molecule has 17 heavy (non-hydrogen) atoms. The highest BCUT2D eigenvalue weighted by Crippen LogP contribution is 2.27. The van der Waals surface area contributed by atoms with E-state index in [1.54, 1.807) is 19.2 Å². The van der Waals surface area contributed by atoms with Gasteiger partial charge in [-0.15, -0.1) is 11.3 Å². The number of thiophene rings is 1. The molecule has 0 N–H and O–H groups in total. The Morgan fingerprint density at radius 1 is 1.35 bits per heavy atom. The molecular weight excluding hydrogens is 261 g/mol. The minimum atomic E-state index is -0.576. The second-order valence-electron chi connectivity index (χ2n) is 3.43. The minimum Gasteiger partial charge on any atom is -0.311 e. The van der Waals surface area contributed by atoms with Crippen LogP contribution in [0.2, 0.25) is 4.34 Å². The van der Waals surface area contributed by atoms with Crippen LogP contribution in [0, 0.1) is 5.82 Å². The van der Waals surface area contributed by atoms with Crippen LogP contribution < -0.4 is 4.90 Å². The fourth-order valence-corrected chi connectivity index (χ4v) is 2.47. The summed E-state index contributed by atoms with van der Waals surface area (Å²) in [6.07, 6.45) is 0. The molecule has 2 rings (SSSR count). The SMILES string of the molecule is CN(C(=O)c1sc(Cl)cc1F)c1ccccc1. The predicted molar refractivity (Wildman–Crippen MR) is 68.5 cm³/mol. The molecule has 5 heteroatoms. The highest BCUT2D eigenvalue weighted by atomic mass is 35.5. The van der Waals surface area contributed by atoms with E-state index in [0.29, 0.717) is 5.69 Å². The average Bonchev–Trinajstić information content (AvgIpc) is 2.68. The molecule has 2 aromatic rings. The molecule has 0 unspecified atom stereocenters. The third-order valence-corrected chi connectivity index (χ3v) is 3.53. The molecule has 2 nitrogen and oxygen atoms in total. The van der Waals surface area contributed by atoms with Gasteiger partial charge in [0.1, 0.15) is 10.7 Å². The lowest BCUT2D eigenvalue weighted by molar-refractivity contribution is 0.0993. The van der Waals surface area contributed by atoms with Crippen LogP contribution in [0.1, 0.15) is 9.67 Å². The van der Waals surface area contributed by atoms with Crippen molar-refractivity contribution >= 4 is 34.5 Å². The number of anilines is 1. The summed E-state index contributed by atoms with van der Waals surface area (Å²) < 4.78 is 13.7. The van der Waals surface area contributed by atoms with Gasteiger partial charge in [-0.3, -0.25) is 4.79 Å². The molecule has 1 amide bonds. The molecule has 0 fully saturated rings. The summed E-state index contributed by atoms with van der Waals surface area (Å²) in [5.41, 5.74) is 0.710. The number of para-hydroxylation sites is 1. The summed E-state index contributed by atoms with van der Waals surface area (Å²) in [4.78, 5) is 13.4. The highest BCUT2D eigenvalue weighted by Gasteiger charge is 2.20. The van der Waals surface area contributed by atoms with Crippen LogP contribution in [0.3, 0.4) is 0 Å². The van der Waals surface area contributed by atoms with Crippen LogP contribution in [-0.2, 0) is 0 Å². The lowest BCUT2D eigenvalue weighted by atomic mass is 10.3. The van der Waals surface area contributed by atoms with Gasteiger partial charge in [0.2, 0.25) is 0 Å². The third-order valence-electron chi connectivity index (χ3n) is 2.30. The van der Waals surface area contributed by atoms with Crippen molar-refractivity contribution < 1.29 is 9.18 Å². The Bertz CT molecular complexity index is 541. The summed E-state index contributed by atoms with van der Waals surface area (Å²) >= 11 is 6.61. The predicted octanol–water partition coefficient (Wildman–Crippen LogP) is 3.82. The van der Waals surface area contributed by atoms with Gasteiger partial charge in [-0.2, -0.15) is 0 Å². The maximum absolute atomic E-state index is 13.4. The van der Waals surface area contributed by atoms with Gasteiger partial charge < -0.3 is 4.90 Å². The zero-order chi connectivity index (χ0) is 12.4. The van der Waals surface area contributed by atoms with E-state index in [1.165, 1.54) is 4.90 Å². The van der Waals surface area contributed by atoms with Crippen molar-refractivity contribution in [2.45, 2.75) is 0 Å². The number of hydrogen-bond donors (Lipinski definition) is 0. The van der Waals surface area contributed by atoms with E-state index in [1.807, 2.05) is 18.2 Å². The fourth-order valence-electron chi connectivity index (χ4n) is 1.41. The number of benzene rings is 1. The number of carbonyl (C=O) groups excluding carboxylic acids is 1. The van der Waals surface area contributed by atoms with Crippen molar-refractivity contribution in [3.63, 3.8) is 0 Å². The zero-order valence-electron chi connectivity index (χ0n) is 8.98. The smallest absolute Gasteiger partial charge is 0.271 e. The summed E-state index contributed by atoms with van der Waals surface area (Å²) in [5.74, 6) is -0.974. The first kappa shape index (κ1) is 12.1. The van der Waals surface area contributed by atoms with Gasteiger partial charge in [0.15, 0.2) is 0 Å². The Balaban J connectivity index is 2.30. The van der Waals surface area contributed by atoms with Gasteiger partial charge in [-0.25, -0.2) is 4.39 Å². The van der Waals surface area contributed by atoms with E-state index in [-0.39, 0.29) is 9.21 Å². The van der Waals surface area contributed by atoms with Gasteiger partial charge in [0.05, 0.1) is 4.34 Å². The van der Waals surface area contributed by atoms with Crippen LogP contribution in [-0.4, -0.2) is 13.0 Å². The fraction of sp³-hybridized carbons (Fsp3) is 0.0833. The first-order chi connectivity index (χ1) is 8.09. The maximum atomic E-state index is 13.4. The Morgan fingerprint density at radius 2 is 2.00 bits per heavy atom. The van der Waals surface area contributed by atoms with Gasteiger partial charge in [0, 0.05) is 18.8 Å². The second-order valence-corrected chi connectivity index (χ2v) is 5.11. The van der Waals surface area contributed by atoms with Crippen LogP contribution in [0.5, 0.6) is 0 Å². The van der Waals surface area contributed by atoms with E-state index >= 15 is 0 Å². The molecule has 0 atom stereocenters. The molecule has 0 aliphatic heterocycles. The molecule has 0 aliphatic carbocycles. The molecule has 1 aromatic carbocycles. The molecule has 0 bridgehead atoms. The monoisotopic (exact) mass is 269 g/mol. The van der Waals surface area contributed by atoms with Gasteiger partial charge in [0.25, 0.3) is 5.91 Å². The average molecular weight is 270 g/mol. The Kier molecular flexibility index (Phi) is 3.45. The van der Waals surface area contributed by atoms with Crippen molar-refractivity contribution in [2.24, 2.45) is 0 Å². The van der Waals surface area contributed by atoms with E-state index in [0.717, 1.165) is 17.4 Å². The Labute approximate surface area is 107 Å². The molecule has 88 valence electrons. The van der Waals surface area contributed by atoms with Crippen molar-refractivity contribution in [1.29, 1.82) is 0 Å². The number of hydrogen-bond acceptors (Lipinski definition) is 2. The maximum Gasteiger partial charge on any atom is 0.271 e. The minimum absolute atomic E-state index is 0.0290. The number of nitrogens with zero attached hydrogens (tertiary/aromatic N) is 1. The first-order valence-corrected chi connectivity index (χ1v) is 6.07. The molecule has 0 aliphatic rings. The quantitative estimate of drug-likeness (QED) is 0.812. The van der Waals surface area contributed by atoms with Crippen molar-refractivity contribution in [3.05, 3.63) is 51.4 Å². The first-order valence-electron chi connectivity index (χ1n) is 4.87. The summed E-state index contributed by atoms with van der Waals surface area (Å²) in [5, 5.41) is 0. The van der Waals surface area contributed by atoms with Crippen molar-refractivity contribution in [3.8, 4) is 0 Å². The summed E-state index contributed by atoms with van der Waals surface area (Å²) in [6.45, 7) is 0. The van der Waals surface area contributed by atoms with Crippen molar-refractivity contribution in [2.75, 3.05) is 11.9 Å². The van der Waals surface area contributed by atoms with Crippen LogP contribution in [0.15, 0.2) is 36.4 Å². The topological polar surface area (TPSA) is 20.3 Å². The summed E-state index contributed by atoms with van der Waals surface area (Å²) in [7, 11) is 1.60. The molecule has 1 heterocycles. The summed E-state index contributed by atoms with van der Waals surface area (Å²) in [6, 6.07) is 10.2. The Hall–Kier alpha value is -1.39. The molecule has 0 spiro atoms. The van der Waals surface area contributed by atoms with Gasteiger partial charge in [-0.1, -0.05) is 29.8 Å². The Morgan fingerprint density at radius 3 is 2.53 bits per heavy atom. The largest absolute Gasteiger partial charge is 0.311 e. The molecular formula is C12H9ClFNOS. The number of rotatable bonds is 2. The van der Waals surface area contributed by atoms with E-state index in [9.17, 15) is 9.18 Å². The third kappa shape index (κ3) is 2.48. The van der Waals surface area contributed by atoms with Crippen LogP contribution in [0.25, 0.3) is 0 Å². The second kappa shape index (κ2) is 4.85. The molecule has 1 aromatic heterocycles. The van der Waals surface area contributed by atoms with Crippen LogP contribution >= 0.6 is 22.9 Å². The van der Waals surface area contributed by atoms with E-state index in [4.69, 9.17) is 11.6 Å². The standard InChI is InChI=1S/C12H9ClFNOS/c1-15(8-5-3-2-4-6-8)12(16)11-9(14)7-10(13)17-11/h2-7H,1H3. The number of carbonyl (C=O) groups is 1. The van der Waals surface area contributed by atoms with Crippen LogP contribution in [0.4, 0.5) is 10.1 Å². The van der Waals surface area contributed by atoms with Crippen molar-refractivity contribution in [1.82, 2.24) is 0 Å². The van der Waals surface area contributed by atoms with E-state index in [2.05, 4.69) is 0 Å². The molecule has 0 radical (unpaired) electrons. The van der Waals surface area contributed by atoms with E-state index < -0.39 is 11.7 Å². The van der Waals surface area contributed by atoms with Gasteiger partial charge >= 0.3 is 0 Å². The zero-order valence-corrected chi connectivity index (χ0v) is 10.6. The number of amides is 1. The van der Waals surface area contributed by atoms with Gasteiger partial charge in [-0.05, 0) is 12.1 Å². The normalized spacial score (nSPS) is 10.3. The lowest BCUT2D eigenvalue weighted by Crippen LogP contribution is -2.25. The molecule has 0 saturated carbocycles. The highest BCUT2D eigenvalue weighted by molar-refractivity contribution is 7.18. The molecule has 0 saturated heterocycles. The lowest BCUT2D eigenvalue weighted by Gasteiger charge is -2.16. The number of halogens is 2.